The largest absolute Gasteiger partial charge is 0.454 e. The van der Waals surface area contributed by atoms with E-state index in [1.54, 1.807) is 12.2 Å². The van der Waals surface area contributed by atoms with Crippen LogP contribution in [0.15, 0.2) is 46.9 Å². The number of carbonyl (C=O) groups is 1. The van der Waals surface area contributed by atoms with Crippen molar-refractivity contribution in [2.75, 3.05) is 6.79 Å². The van der Waals surface area contributed by atoms with Crippen molar-refractivity contribution in [3.63, 3.8) is 0 Å². The van der Waals surface area contributed by atoms with Gasteiger partial charge >= 0.3 is 0 Å². The second-order valence-electron chi connectivity index (χ2n) is 4.80. The smallest absolute Gasteiger partial charge is 0.231 e. The molecule has 0 bridgehead atoms. The van der Waals surface area contributed by atoms with E-state index >= 15 is 0 Å². The summed E-state index contributed by atoms with van der Waals surface area (Å²) in [6, 6.07) is 11.3. The third kappa shape index (κ3) is 3.00. The number of halogens is 1. The predicted octanol–water partition coefficient (Wildman–Crippen LogP) is 4.38. The SMILES string of the molecule is Cc1ccc(C(=O)/C=C/c2cc(Br)c3c(c2)OCO3)cc1. The molecule has 3 rings (SSSR count). The van der Waals surface area contributed by atoms with Gasteiger partial charge in [-0.25, -0.2) is 0 Å². The number of hydrogen-bond acceptors (Lipinski definition) is 3. The Bertz CT molecular complexity index is 718. The molecular formula is C17H13BrO3. The zero-order valence-electron chi connectivity index (χ0n) is 11.4. The lowest BCUT2D eigenvalue weighted by molar-refractivity contribution is 0.104. The van der Waals surface area contributed by atoms with Crippen LogP contribution >= 0.6 is 15.9 Å². The summed E-state index contributed by atoms with van der Waals surface area (Å²) in [5.74, 6) is 1.37. The fraction of sp³-hybridized carbons (Fsp3) is 0.118. The highest BCUT2D eigenvalue weighted by atomic mass is 79.9. The van der Waals surface area contributed by atoms with Gasteiger partial charge in [-0.2, -0.15) is 0 Å². The van der Waals surface area contributed by atoms with Gasteiger partial charge in [-0.3, -0.25) is 4.79 Å². The lowest BCUT2D eigenvalue weighted by Crippen LogP contribution is -1.93. The Labute approximate surface area is 131 Å². The highest BCUT2D eigenvalue weighted by Crippen LogP contribution is 2.40. The third-order valence-corrected chi connectivity index (χ3v) is 3.80. The number of allylic oxidation sites excluding steroid dienone is 1. The fourth-order valence-corrected chi connectivity index (χ4v) is 2.64. The molecule has 0 radical (unpaired) electrons. The third-order valence-electron chi connectivity index (χ3n) is 3.21. The molecule has 0 atom stereocenters. The average molecular weight is 345 g/mol. The van der Waals surface area contributed by atoms with Crippen LogP contribution in [0.2, 0.25) is 0 Å². The van der Waals surface area contributed by atoms with E-state index in [9.17, 15) is 4.79 Å². The molecule has 1 heterocycles. The Hall–Kier alpha value is -2.07. The van der Waals surface area contributed by atoms with E-state index in [0.717, 1.165) is 15.6 Å². The minimum Gasteiger partial charge on any atom is -0.454 e. The molecular weight excluding hydrogens is 332 g/mol. The van der Waals surface area contributed by atoms with E-state index in [2.05, 4.69) is 15.9 Å². The lowest BCUT2D eigenvalue weighted by atomic mass is 10.1. The molecule has 0 aliphatic carbocycles. The Morgan fingerprint density at radius 3 is 2.71 bits per heavy atom. The van der Waals surface area contributed by atoms with Crippen LogP contribution in [0.5, 0.6) is 11.5 Å². The molecule has 0 N–H and O–H groups in total. The van der Waals surface area contributed by atoms with Crippen molar-refractivity contribution in [3.05, 3.63) is 63.6 Å². The number of ketones is 1. The molecule has 4 heteroatoms. The van der Waals surface area contributed by atoms with Gasteiger partial charge in [0.05, 0.1) is 4.47 Å². The number of benzene rings is 2. The number of carbonyl (C=O) groups excluding carboxylic acids is 1. The molecule has 3 nitrogen and oxygen atoms in total. The number of fused-ring (bicyclic) bond motifs is 1. The monoisotopic (exact) mass is 344 g/mol. The van der Waals surface area contributed by atoms with Crippen LogP contribution in [-0.2, 0) is 0 Å². The summed E-state index contributed by atoms with van der Waals surface area (Å²) < 4.78 is 11.5. The van der Waals surface area contributed by atoms with Crippen molar-refractivity contribution in [2.24, 2.45) is 0 Å². The van der Waals surface area contributed by atoms with Crippen LogP contribution < -0.4 is 9.47 Å². The van der Waals surface area contributed by atoms with Gasteiger partial charge in [-0.1, -0.05) is 35.9 Å². The van der Waals surface area contributed by atoms with E-state index in [-0.39, 0.29) is 12.6 Å². The maximum absolute atomic E-state index is 12.1. The second kappa shape index (κ2) is 5.74. The molecule has 0 fully saturated rings. The van der Waals surface area contributed by atoms with E-state index in [1.165, 1.54) is 0 Å². The molecule has 0 spiro atoms. The van der Waals surface area contributed by atoms with Gasteiger partial charge in [0, 0.05) is 5.56 Å². The fourth-order valence-electron chi connectivity index (χ4n) is 2.07. The molecule has 0 amide bonds. The van der Waals surface area contributed by atoms with Crippen molar-refractivity contribution in [1.82, 2.24) is 0 Å². The van der Waals surface area contributed by atoms with Gasteiger partial charge in [0.25, 0.3) is 0 Å². The Morgan fingerprint density at radius 1 is 1.19 bits per heavy atom. The predicted molar refractivity (Wildman–Crippen MR) is 84.8 cm³/mol. The van der Waals surface area contributed by atoms with Crippen LogP contribution in [0.4, 0.5) is 0 Å². The molecule has 2 aromatic carbocycles. The van der Waals surface area contributed by atoms with Crippen LogP contribution in [0.25, 0.3) is 6.08 Å². The maximum Gasteiger partial charge on any atom is 0.231 e. The first-order valence-electron chi connectivity index (χ1n) is 6.52. The normalized spacial score (nSPS) is 12.9. The first-order chi connectivity index (χ1) is 10.1. The van der Waals surface area contributed by atoms with Crippen molar-refractivity contribution in [1.29, 1.82) is 0 Å². The molecule has 0 saturated carbocycles. The van der Waals surface area contributed by atoms with E-state index < -0.39 is 0 Å². The highest BCUT2D eigenvalue weighted by Gasteiger charge is 2.17. The first-order valence-corrected chi connectivity index (χ1v) is 7.31. The van der Waals surface area contributed by atoms with Gasteiger partial charge in [0.15, 0.2) is 17.3 Å². The highest BCUT2D eigenvalue weighted by molar-refractivity contribution is 9.10. The van der Waals surface area contributed by atoms with Crippen LogP contribution in [0.3, 0.4) is 0 Å². The standard InChI is InChI=1S/C17H13BrO3/c1-11-2-5-13(6-3-11)15(19)7-4-12-8-14(18)17-16(9-12)20-10-21-17/h2-9H,10H2,1H3/b7-4+. The lowest BCUT2D eigenvalue weighted by Gasteiger charge is -2.01. The van der Waals surface area contributed by atoms with Crippen LogP contribution in [0, 0.1) is 6.92 Å². The summed E-state index contributed by atoms with van der Waals surface area (Å²) in [6.45, 7) is 2.22. The Kier molecular flexibility index (Phi) is 3.80. The number of hydrogen-bond donors (Lipinski definition) is 0. The summed E-state index contributed by atoms with van der Waals surface area (Å²) in [5, 5.41) is 0. The van der Waals surface area contributed by atoms with Crippen molar-refractivity contribution in [3.8, 4) is 11.5 Å². The van der Waals surface area contributed by atoms with Crippen molar-refractivity contribution < 1.29 is 14.3 Å². The summed E-state index contributed by atoms with van der Waals surface area (Å²) in [5.41, 5.74) is 2.69. The van der Waals surface area contributed by atoms with Gasteiger partial charge in [0.2, 0.25) is 6.79 Å². The number of ether oxygens (including phenoxy) is 2. The molecule has 1 aliphatic heterocycles. The van der Waals surface area contributed by atoms with Crippen LogP contribution in [-0.4, -0.2) is 12.6 Å². The zero-order chi connectivity index (χ0) is 14.8. The topological polar surface area (TPSA) is 35.5 Å². The van der Waals surface area contributed by atoms with Gasteiger partial charge < -0.3 is 9.47 Å². The minimum atomic E-state index is -0.0243. The van der Waals surface area contributed by atoms with Gasteiger partial charge in [0.1, 0.15) is 0 Å². The molecule has 106 valence electrons. The van der Waals surface area contributed by atoms with Crippen molar-refractivity contribution >= 4 is 27.8 Å². The van der Waals surface area contributed by atoms with E-state index in [1.807, 2.05) is 43.3 Å². The number of rotatable bonds is 3. The molecule has 0 unspecified atom stereocenters. The number of aryl methyl sites for hydroxylation is 1. The molecule has 0 aromatic heterocycles. The second-order valence-corrected chi connectivity index (χ2v) is 5.65. The zero-order valence-corrected chi connectivity index (χ0v) is 13.0. The van der Waals surface area contributed by atoms with Crippen molar-refractivity contribution in [2.45, 2.75) is 6.92 Å². The first kappa shape index (κ1) is 13.9. The molecule has 0 saturated heterocycles. The van der Waals surface area contributed by atoms with Gasteiger partial charge in [-0.05, 0) is 46.6 Å². The molecule has 1 aliphatic rings. The molecule has 2 aromatic rings. The van der Waals surface area contributed by atoms with Gasteiger partial charge in [-0.15, -0.1) is 0 Å². The van der Waals surface area contributed by atoms with E-state index in [0.29, 0.717) is 17.1 Å². The average Bonchev–Trinajstić information content (AvgIpc) is 2.94. The summed E-state index contributed by atoms with van der Waals surface area (Å²) in [6.07, 6.45) is 3.34. The summed E-state index contributed by atoms with van der Waals surface area (Å²) in [4.78, 5) is 12.1. The Balaban J connectivity index is 1.81. The van der Waals surface area contributed by atoms with E-state index in [4.69, 9.17) is 9.47 Å². The molecule has 21 heavy (non-hydrogen) atoms. The maximum atomic E-state index is 12.1. The summed E-state index contributed by atoms with van der Waals surface area (Å²) >= 11 is 3.43. The quantitative estimate of drug-likeness (QED) is 0.612. The minimum absolute atomic E-state index is 0.0243. The Morgan fingerprint density at radius 2 is 1.95 bits per heavy atom. The summed E-state index contributed by atoms with van der Waals surface area (Å²) in [7, 11) is 0. The van der Waals surface area contributed by atoms with Crippen LogP contribution in [0.1, 0.15) is 21.5 Å².